The van der Waals surface area contributed by atoms with Crippen molar-refractivity contribution in [1.82, 2.24) is 15.0 Å². The van der Waals surface area contributed by atoms with E-state index in [0.29, 0.717) is 11.1 Å². The molecule has 154 valence electrons. The Morgan fingerprint density at radius 1 is 1.20 bits per heavy atom. The van der Waals surface area contributed by atoms with E-state index >= 15 is 0 Å². The third-order valence-electron chi connectivity index (χ3n) is 4.56. The zero-order chi connectivity index (χ0) is 21.2. The number of esters is 1. The predicted molar refractivity (Wildman–Crippen MR) is 109 cm³/mol. The molecule has 2 N–H and O–H groups in total. The summed E-state index contributed by atoms with van der Waals surface area (Å²) in [6, 6.07) is 5.16. The zero-order valence-corrected chi connectivity index (χ0v) is 20.2. The first-order chi connectivity index (χ1) is 13.7. The number of hydrogen-bond acceptors (Lipinski definition) is 6. The van der Waals surface area contributed by atoms with E-state index in [-0.39, 0.29) is 35.4 Å². The van der Waals surface area contributed by atoms with Crippen LogP contribution in [0.2, 0.25) is 0 Å². The number of carbonyl (C=O) groups excluding carboxylic acids is 1. The largest absolute Gasteiger partial charge is 1.00 e. The molecule has 0 saturated carbocycles. The van der Waals surface area contributed by atoms with Crippen LogP contribution < -0.4 is 34.7 Å². The first kappa shape index (κ1) is 24.3. The summed E-state index contributed by atoms with van der Waals surface area (Å²) in [5, 5.41) is 21.3. The van der Waals surface area contributed by atoms with Gasteiger partial charge in [-0.25, -0.2) is 14.8 Å². The average Bonchev–Trinajstić information content (AvgIpc) is 3.00. The summed E-state index contributed by atoms with van der Waals surface area (Å²) >= 11 is 0. The summed E-state index contributed by atoms with van der Waals surface area (Å²) in [6.45, 7) is 4.90. The van der Waals surface area contributed by atoms with Crippen LogP contribution in [0.1, 0.15) is 55.2 Å². The molecule has 1 aromatic carbocycles. The minimum Gasteiger partial charge on any atom is -0.850 e. The van der Waals surface area contributed by atoms with Gasteiger partial charge in [0.05, 0.1) is 23.9 Å². The number of ether oxygens (including phenoxy) is 1. The van der Waals surface area contributed by atoms with Gasteiger partial charge in [-0.3, -0.25) is 0 Å². The molecule has 7 nitrogen and oxygen atoms in total. The first-order valence-corrected chi connectivity index (χ1v) is 9.65. The minimum atomic E-state index is -0.750. The second-order valence-electron chi connectivity index (χ2n) is 8.07. The fourth-order valence-electron chi connectivity index (χ4n) is 3.40. The Labute approximate surface area is 198 Å². The molecule has 1 aliphatic carbocycles. The predicted octanol–water partition coefficient (Wildman–Crippen LogP) is 0.145. The van der Waals surface area contributed by atoms with Crippen LogP contribution in [-0.2, 0) is 17.6 Å². The Morgan fingerprint density at radius 3 is 2.53 bits per heavy atom. The molecule has 0 bridgehead atoms. The number of methoxy groups -OCH3 is 1. The summed E-state index contributed by atoms with van der Waals surface area (Å²) in [5.41, 5.74) is 3.93. The number of benzene rings is 1. The molecule has 2 heterocycles. The van der Waals surface area contributed by atoms with Crippen LogP contribution in [-0.4, -0.2) is 38.7 Å². The molecule has 0 atom stereocenters. The summed E-state index contributed by atoms with van der Waals surface area (Å²) in [6.07, 6.45) is 5.58. The van der Waals surface area contributed by atoms with E-state index in [4.69, 9.17) is 4.74 Å². The van der Waals surface area contributed by atoms with Gasteiger partial charge in [-0.15, -0.1) is 5.60 Å². The van der Waals surface area contributed by atoms with Crippen molar-refractivity contribution in [2.75, 3.05) is 7.11 Å². The molecule has 0 aliphatic heterocycles. The maximum atomic E-state index is 11.8. The fraction of sp³-hybridized carbons (Fsp3) is 0.409. The van der Waals surface area contributed by atoms with Crippen molar-refractivity contribution in [2.45, 2.75) is 52.1 Å². The number of aromatic amines is 1. The number of nitrogens with one attached hydrogen (secondary N) is 1. The van der Waals surface area contributed by atoms with Gasteiger partial charge >= 0.3 is 35.5 Å². The fourth-order valence-corrected chi connectivity index (χ4v) is 3.40. The molecule has 0 radical (unpaired) electrons. The standard InChI is InChI=1S/C18H17N3O3.C4H9O.Na/c1-24-18(23)10-6-7-14-12(8-10)15(17(22)21-14)16-11-4-2-3-5-13(11)19-9-20-16;1-4(2,3)5;/h6-9,21-22H,2-5H2,1H3;1-3H3;/q;-1;+1. The molecule has 8 heteroatoms. The molecule has 30 heavy (non-hydrogen) atoms. The second kappa shape index (κ2) is 9.92. The molecule has 0 saturated heterocycles. The maximum Gasteiger partial charge on any atom is 1.00 e. The normalized spacial score (nSPS) is 13.0. The van der Waals surface area contributed by atoms with E-state index in [1.165, 1.54) is 7.11 Å². The third-order valence-corrected chi connectivity index (χ3v) is 4.56. The van der Waals surface area contributed by atoms with Crippen LogP contribution in [0.15, 0.2) is 24.5 Å². The number of aryl methyl sites for hydroxylation is 1. The Bertz CT molecular complexity index is 1030. The van der Waals surface area contributed by atoms with E-state index in [1.54, 1.807) is 45.3 Å². The molecule has 4 rings (SSSR count). The number of aromatic nitrogens is 3. The second-order valence-corrected chi connectivity index (χ2v) is 8.07. The number of H-pyrrole nitrogens is 1. The number of rotatable bonds is 2. The molecule has 3 aromatic rings. The van der Waals surface area contributed by atoms with Crippen LogP contribution in [0.25, 0.3) is 22.2 Å². The molecule has 0 fully saturated rings. The van der Waals surface area contributed by atoms with Crippen molar-refractivity contribution >= 4 is 16.9 Å². The molecule has 0 amide bonds. The van der Waals surface area contributed by atoms with Crippen molar-refractivity contribution in [3.8, 4) is 17.1 Å². The maximum absolute atomic E-state index is 11.8. The van der Waals surface area contributed by atoms with Crippen LogP contribution >= 0.6 is 0 Å². The number of aromatic hydroxyl groups is 1. The van der Waals surface area contributed by atoms with Crippen LogP contribution in [0.5, 0.6) is 5.88 Å². The third kappa shape index (κ3) is 5.60. The smallest absolute Gasteiger partial charge is 0.850 e. The van der Waals surface area contributed by atoms with Gasteiger partial charge in [0.25, 0.3) is 0 Å². The molecular formula is C22H26N3NaO4. The van der Waals surface area contributed by atoms with E-state index in [9.17, 15) is 15.0 Å². The van der Waals surface area contributed by atoms with E-state index in [1.807, 2.05) is 0 Å². The number of carbonyl (C=O) groups is 1. The summed E-state index contributed by atoms with van der Waals surface area (Å²) in [4.78, 5) is 23.6. The molecule has 0 spiro atoms. The van der Waals surface area contributed by atoms with Crippen molar-refractivity contribution in [1.29, 1.82) is 0 Å². The van der Waals surface area contributed by atoms with Gasteiger partial charge in [-0.2, -0.15) is 0 Å². The summed E-state index contributed by atoms with van der Waals surface area (Å²) in [7, 11) is 1.35. The van der Waals surface area contributed by atoms with E-state index in [0.717, 1.165) is 53.5 Å². The zero-order valence-electron chi connectivity index (χ0n) is 18.2. The van der Waals surface area contributed by atoms with E-state index < -0.39 is 11.6 Å². The Balaban J connectivity index is 0.000000482. The van der Waals surface area contributed by atoms with Crippen molar-refractivity contribution in [2.24, 2.45) is 0 Å². The first-order valence-electron chi connectivity index (χ1n) is 9.65. The molecular weight excluding hydrogens is 393 g/mol. The van der Waals surface area contributed by atoms with E-state index in [2.05, 4.69) is 15.0 Å². The van der Waals surface area contributed by atoms with Crippen LogP contribution in [0, 0.1) is 0 Å². The van der Waals surface area contributed by atoms with Gasteiger partial charge in [0.1, 0.15) is 6.33 Å². The Kier molecular flexibility index (Phi) is 8.05. The monoisotopic (exact) mass is 419 g/mol. The Hall–Kier alpha value is -1.93. The van der Waals surface area contributed by atoms with Crippen molar-refractivity contribution in [3.05, 3.63) is 41.3 Å². The quantitative estimate of drug-likeness (QED) is 0.452. The SMILES string of the molecule is CC(C)(C)[O-].COC(=O)c1ccc2[nH]c(O)c(-c3ncnc4c3CCCC4)c2c1.[Na+]. The van der Waals surface area contributed by atoms with Gasteiger partial charge < -0.3 is 19.9 Å². The topological polar surface area (TPSA) is 111 Å². The van der Waals surface area contributed by atoms with Crippen molar-refractivity contribution in [3.63, 3.8) is 0 Å². The number of nitrogens with zero attached hydrogens (tertiary/aromatic N) is 2. The van der Waals surface area contributed by atoms with Crippen LogP contribution in [0.3, 0.4) is 0 Å². The summed E-state index contributed by atoms with van der Waals surface area (Å²) in [5.74, 6) is -0.355. The molecule has 2 aromatic heterocycles. The number of fused-ring (bicyclic) bond motifs is 2. The molecule has 1 aliphatic rings. The van der Waals surface area contributed by atoms with Gasteiger partial charge in [0.2, 0.25) is 0 Å². The number of hydrogen-bond donors (Lipinski definition) is 2. The van der Waals surface area contributed by atoms with Gasteiger partial charge in [-0.05, 0) is 43.9 Å². The molecule has 0 unspecified atom stereocenters. The minimum absolute atomic E-state index is 0. The van der Waals surface area contributed by atoms with Gasteiger partial charge in [-0.1, -0.05) is 20.8 Å². The van der Waals surface area contributed by atoms with Gasteiger partial charge in [0.15, 0.2) is 5.88 Å². The summed E-state index contributed by atoms with van der Waals surface area (Å²) < 4.78 is 4.79. The van der Waals surface area contributed by atoms with Crippen molar-refractivity contribution < 1.29 is 49.3 Å². The van der Waals surface area contributed by atoms with Crippen LogP contribution in [0.4, 0.5) is 0 Å². The average molecular weight is 419 g/mol. The Morgan fingerprint density at radius 2 is 1.87 bits per heavy atom. The van der Waals surface area contributed by atoms with Gasteiger partial charge in [0, 0.05) is 22.2 Å².